The lowest BCUT2D eigenvalue weighted by Gasteiger charge is -2.24. The average Bonchev–Trinajstić information content (AvgIpc) is 1.94. The number of hydrogen-bond donors (Lipinski definition) is 1. The Morgan fingerprint density at radius 3 is 2.60 bits per heavy atom. The molecule has 0 saturated heterocycles. The van der Waals surface area contributed by atoms with E-state index in [1.807, 2.05) is 13.0 Å². The summed E-state index contributed by atoms with van der Waals surface area (Å²) in [6, 6.07) is 0. The van der Waals surface area contributed by atoms with Crippen molar-refractivity contribution in [1.29, 1.82) is 0 Å². The highest BCUT2D eigenvalue weighted by Gasteiger charge is 2.19. The molecule has 0 aromatic heterocycles. The van der Waals surface area contributed by atoms with Crippen LogP contribution in [-0.2, 0) is 0 Å². The highest BCUT2D eigenvalue weighted by molar-refractivity contribution is 4.91. The third-order valence-electron chi connectivity index (χ3n) is 2.22. The van der Waals surface area contributed by atoms with Crippen molar-refractivity contribution in [2.75, 3.05) is 0 Å². The van der Waals surface area contributed by atoms with Crippen LogP contribution in [0.1, 0.15) is 32.6 Å². The molecule has 0 aromatic carbocycles. The van der Waals surface area contributed by atoms with Gasteiger partial charge in [-0.1, -0.05) is 25.0 Å². The summed E-state index contributed by atoms with van der Waals surface area (Å²) >= 11 is 0. The molecule has 10 heavy (non-hydrogen) atoms. The van der Waals surface area contributed by atoms with Gasteiger partial charge in [0.1, 0.15) is 0 Å². The predicted octanol–water partition coefficient (Wildman–Crippen LogP) is 2.11. The van der Waals surface area contributed by atoms with Gasteiger partial charge >= 0.3 is 0 Å². The van der Waals surface area contributed by atoms with Gasteiger partial charge in [-0.25, -0.2) is 0 Å². The number of rotatable bonds is 1. The standard InChI is InChI=1S/C9H16O/c1-2-5-8-6-3-4-7-9(8)10/h2,5,8-10H,3-4,6-7H2,1H3/b5-2-. The molecule has 0 aromatic rings. The Morgan fingerprint density at radius 1 is 1.30 bits per heavy atom. The summed E-state index contributed by atoms with van der Waals surface area (Å²) in [4.78, 5) is 0. The van der Waals surface area contributed by atoms with E-state index in [9.17, 15) is 5.11 Å². The maximum atomic E-state index is 9.45. The summed E-state index contributed by atoms with van der Waals surface area (Å²) in [6.07, 6.45) is 8.76. The van der Waals surface area contributed by atoms with Crippen LogP contribution < -0.4 is 0 Å². The van der Waals surface area contributed by atoms with Crippen molar-refractivity contribution in [3.05, 3.63) is 12.2 Å². The van der Waals surface area contributed by atoms with Crippen LogP contribution in [0.3, 0.4) is 0 Å². The van der Waals surface area contributed by atoms with E-state index in [1.54, 1.807) is 0 Å². The zero-order valence-corrected chi connectivity index (χ0v) is 6.59. The minimum absolute atomic E-state index is 0.0649. The molecule has 1 saturated carbocycles. The van der Waals surface area contributed by atoms with E-state index in [-0.39, 0.29) is 6.10 Å². The minimum atomic E-state index is -0.0649. The summed E-state index contributed by atoms with van der Waals surface area (Å²) in [5.74, 6) is 0.443. The van der Waals surface area contributed by atoms with Crippen LogP contribution in [0.4, 0.5) is 0 Å². The highest BCUT2D eigenvalue weighted by atomic mass is 16.3. The van der Waals surface area contributed by atoms with E-state index in [0.717, 1.165) is 6.42 Å². The molecule has 0 spiro atoms. The van der Waals surface area contributed by atoms with Gasteiger partial charge in [0.2, 0.25) is 0 Å². The molecule has 0 aliphatic heterocycles. The van der Waals surface area contributed by atoms with Crippen molar-refractivity contribution in [3.63, 3.8) is 0 Å². The fourth-order valence-electron chi connectivity index (χ4n) is 1.61. The van der Waals surface area contributed by atoms with Crippen molar-refractivity contribution in [2.24, 2.45) is 5.92 Å². The fourth-order valence-corrected chi connectivity index (χ4v) is 1.61. The topological polar surface area (TPSA) is 20.2 Å². The second-order valence-corrected chi connectivity index (χ2v) is 3.04. The minimum Gasteiger partial charge on any atom is -0.393 e. The van der Waals surface area contributed by atoms with Crippen molar-refractivity contribution in [3.8, 4) is 0 Å². The molecule has 0 bridgehead atoms. The van der Waals surface area contributed by atoms with Crippen LogP contribution in [0, 0.1) is 5.92 Å². The Labute approximate surface area is 62.8 Å². The van der Waals surface area contributed by atoms with E-state index in [2.05, 4.69) is 6.08 Å². The summed E-state index contributed by atoms with van der Waals surface area (Å²) < 4.78 is 0. The second kappa shape index (κ2) is 3.77. The van der Waals surface area contributed by atoms with Gasteiger partial charge in [-0.3, -0.25) is 0 Å². The summed E-state index contributed by atoms with van der Waals surface area (Å²) in [5.41, 5.74) is 0. The van der Waals surface area contributed by atoms with Gasteiger partial charge in [0, 0.05) is 5.92 Å². The van der Waals surface area contributed by atoms with Gasteiger partial charge in [0.05, 0.1) is 6.10 Å². The van der Waals surface area contributed by atoms with Gasteiger partial charge in [-0.2, -0.15) is 0 Å². The normalized spacial score (nSPS) is 35.0. The Bertz CT molecular complexity index is 118. The second-order valence-electron chi connectivity index (χ2n) is 3.04. The van der Waals surface area contributed by atoms with Gasteiger partial charge in [0.25, 0.3) is 0 Å². The first-order valence-electron chi connectivity index (χ1n) is 4.15. The molecule has 0 amide bonds. The predicted molar refractivity (Wildman–Crippen MR) is 42.8 cm³/mol. The lowest BCUT2D eigenvalue weighted by atomic mass is 9.86. The molecule has 1 N–H and O–H groups in total. The largest absolute Gasteiger partial charge is 0.393 e. The van der Waals surface area contributed by atoms with E-state index in [4.69, 9.17) is 0 Å². The average molecular weight is 140 g/mol. The van der Waals surface area contributed by atoms with E-state index in [0.29, 0.717) is 5.92 Å². The van der Waals surface area contributed by atoms with Crippen LogP contribution in [0.25, 0.3) is 0 Å². The lowest BCUT2D eigenvalue weighted by Crippen LogP contribution is -2.22. The fraction of sp³-hybridized carbons (Fsp3) is 0.778. The number of hydrogen-bond acceptors (Lipinski definition) is 1. The first-order chi connectivity index (χ1) is 4.84. The first-order valence-corrected chi connectivity index (χ1v) is 4.15. The van der Waals surface area contributed by atoms with Gasteiger partial charge < -0.3 is 5.11 Å². The molecule has 1 aliphatic carbocycles. The molecular weight excluding hydrogens is 124 g/mol. The molecule has 1 fully saturated rings. The highest BCUT2D eigenvalue weighted by Crippen LogP contribution is 2.24. The molecule has 2 atom stereocenters. The van der Waals surface area contributed by atoms with Crippen molar-refractivity contribution >= 4 is 0 Å². The van der Waals surface area contributed by atoms with Crippen LogP contribution in [-0.4, -0.2) is 11.2 Å². The molecule has 0 radical (unpaired) electrons. The molecule has 0 heterocycles. The van der Waals surface area contributed by atoms with Crippen molar-refractivity contribution in [2.45, 2.75) is 38.7 Å². The van der Waals surface area contributed by atoms with Gasteiger partial charge in [-0.05, 0) is 19.8 Å². The van der Waals surface area contributed by atoms with Crippen LogP contribution in [0.2, 0.25) is 0 Å². The quantitative estimate of drug-likeness (QED) is 0.553. The van der Waals surface area contributed by atoms with E-state index >= 15 is 0 Å². The Balaban J connectivity index is 2.39. The summed E-state index contributed by atoms with van der Waals surface area (Å²) in [7, 11) is 0. The Morgan fingerprint density at radius 2 is 2.00 bits per heavy atom. The molecule has 2 unspecified atom stereocenters. The van der Waals surface area contributed by atoms with Crippen LogP contribution >= 0.6 is 0 Å². The summed E-state index contributed by atoms with van der Waals surface area (Å²) in [6.45, 7) is 2.02. The smallest absolute Gasteiger partial charge is 0.0602 e. The van der Waals surface area contributed by atoms with Crippen molar-refractivity contribution in [1.82, 2.24) is 0 Å². The zero-order valence-electron chi connectivity index (χ0n) is 6.59. The number of aliphatic hydroxyl groups is 1. The van der Waals surface area contributed by atoms with Gasteiger partial charge in [-0.15, -0.1) is 0 Å². The maximum Gasteiger partial charge on any atom is 0.0602 e. The molecule has 1 rings (SSSR count). The molecule has 58 valence electrons. The number of allylic oxidation sites excluding steroid dienone is 1. The lowest BCUT2D eigenvalue weighted by molar-refractivity contribution is 0.0927. The van der Waals surface area contributed by atoms with Crippen molar-refractivity contribution < 1.29 is 5.11 Å². The Kier molecular flexibility index (Phi) is 2.94. The van der Waals surface area contributed by atoms with Gasteiger partial charge in [0.15, 0.2) is 0 Å². The summed E-state index contributed by atoms with van der Waals surface area (Å²) in [5, 5.41) is 9.45. The monoisotopic (exact) mass is 140 g/mol. The number of aliphatic hydroxyl groups excluding tert-OH is 1. The molecule has 1 nitrogen and oxygen atoms in total. The third kappa shape index (κ3) is 1.84. The SMILES string of the molecule is C/C=C\C1CCCCC1O. The zero-order chi connectivity index (χ0) is 7.40. The van der Waals surface area contributed by atoms with E-state index < -0.39 is 0 Å². The molecule has 1 heteroatoms. The Hall–Kier alpha value is -0.300. The first kappa shape index (κ1) is 7.80. The molecular formula is C9H16O. The molecule has 1 aliphatic rings. The third-order valence-corrected chi connectivity index (χ3v) is 2.22. The maximum absolute atomic E-state index is 9.45. The van der Waals surface area contributed by atoms with Crippen LogP contribution in [0.15, 0.2) is 12.2 Å². The van der Waals surface area contributed by atoms with E-state index in [1.165, 1.54) is 19.3 Å². The van der Waals surface area contributed by atoms with Crippen LogP contribution in [0.5, 0.6) is 0 Å².